The van der Waals surface area contributed by atoms with E-state index < -0.39 is 11.6 Å². The molecule has 110 valence electrons. The van der Waals surface area contributed by atoms with E-state index >= 15 is 0 Å². The van der Waals surface area contributed by atoms with E-state index in [1.807, 2.05) is 0 Å². The SMILES string of the molecule is O=C(Cc1cccc(F)c1F)NCC1CCC(O)CC1. The Labute approximate surface area is 117 Å². The van der Waals surface area contributed by atoms with Crippen molar-refractivity contribution in [3.05, 3.63) is 35.4 Å². The normalized spacial score (nSPS) is 22.6. The predicted molar refractivity (Wildman–Crippen MR) is 71.0 cm³/mol. The summed E-state index contributed by atoms with van der Waals surface area (Å²) in [7, 11) is 0. The molecule has 0 unspecified atom stereocenters. The van der Waals surface area contributed by atoms with Crippen LogP contribution in [-0.2, 0) is 11.2 Å². The molecule has 0 aromatic heterocycles. The number of hydrogen-bond donors (Lipinski definition) is 2. The van der Waals surface area contributed by atoms with Gasteiger partial charge in [0.15, 0.2) is 11.6 Å². The molecule has 1 aromatic carbocycles. The van der Waals surface area contributed by atoms with Gasteiger partial charge in [-0.1, -0.05) is 12.1 Å². The summed E-state index contributed by atoms with van der Waals surface area (Å²) in [6.07, 6.45) is 2.92. The lowest BCUT2D eigenvalue weighted by Crippen LogP contribution is -2.33. The van der Waals surface area contributed by atoms with Crippen LogP contribution in [0.4, 0.5) is 8.78 Å². The molecule has 0 heterocycles. The molecule has 0 spiro atoms. The van der Waals surface area contributed by atoms with Crippen LogP contribution in [0.25, 0.3) is 0 Å². The van der Waals surface area contributed by atoms with Gasteiger partial charge < -0.3 is 10.4 Å². The highest BCUT2D eigenvalue weighted by Crippen LogP contribution is 2.23. The lowest BCUT2D eigenvalue weighted by atomic mass is 9.87. The summed E-state index contributed by atoms with van der Waals surface area (Å²) >= 11 is 0. The average molecular weight is 283 g/mol. The molecule has 0 atom stereocenters. The smallest absolute Gasteiger partial charge is 0.224 e. The summed E-state index contributed by atoms with van der Waals surface area (Å²) in [5.74, 6) is -1.83. The molecule has 1 aliphatic rings. The number of nitrogens with one attached hydrogen (secondary N) is 1. The second-order valence-corrected chi connectivity index (χ2v) is 5.37. The quantitative estimate of drug-likeness (QED) is 0.889. The number of halogens is 2. The highest BCUT2D eigenvalue weighted by atomic mass is 19.2. The van der Waals surface area contributed by atoms with Gasteiger partial charge >= 0.3 is 0 Å². The van der Waals surface area contributed by atoms with Crippen LogP contribution >= 0.6 is 0 Å². The first-order valence-electron chi connectivity index (χ1n) is 6.94. The lowest BCUT2D eigenvalue weighted by Gasteiger charge is -2.25. The van der Waals surface area contributed by atoms with E-state index in [4.69, 9.17) is 0 Å². The third kappa shape index (κ3) is 4.00. The topological polar surface area (TPSA) is 49.3 Å². The first kappa shape index (κ1) is 14.9. The van der Waals surface area contributed by atoms with Gasteiger partial charge in [0.25, 0.3) is 0 Å². The number of carbonyl (C=O) groups excluding carboxylic acids is 1. The fourth-order valence-corrected chi connectivity index (χ4v) is 2.53. The molecule has 1 saturated carbocycles. The van der Waals surface area contributed by atoms with Gasteiger partial charge in [0.2, 0.25) is 5.91 Å². The van der Waals surface area contributed by atoms with E-state index in [2.05, 4.69) is 5.32 Å². The van der Waals surface area contributed by atoms with E-state index in [0.29, 0.717) is 12.5 Å². The van der Waals surface area contributed by atoms with Gasteiger partial charge in [0.05, 0.1) is 12.5 Å². The Morgan fingerprint density at radius 2 is 1.95 bits per heavy atom. The monoisotopic (exact) mass is 283 g/mol. The summed E-state index contributed by atoms with van der Waals surface area (Å²) in [6, 6.07) is 3.84. The Kier molecular flexibility index (Phi) is 5.06. The molecule has 2 N–H and O–H groups in total. The molecule has 1 aliphatic carbocycles. The molecule has 1 fully saturated rings. The molecule has 20 heavy (non-hydrogen) atoms. The first-order valence-corrected chi connectivity index (χ1v) is 6.94. The van der Waals surface area contributed by atoms with Gasteiger partial charge in [-0.25, -0.2) is 8.78 Å². The van der Waals surface area contributed by atoms with Crippen LogP contribution in [0.2, 0.25) is 0 Å². The molecule has 0 radical (unpaired) electrons. The molecule has 3 nitrogen and oxygen atoms in total. The number of rotatable bonds is 4. The van der Waals surface area contributed by atoms with Crippen LogP contribution in [-0.4, -0.2) is 23.7 Å². The van der Waals surface area contributed by atoms with Crippen molar-refractivity contribution in [2.45, 2.75) is 38.2 Å². The van der Waals surface area contributed by atoms with Crippen LogP contribution in [0, 0.1) is 17.6 Å². The Bertz CT molecular complexity index is 471. The van der Waals surface area contributed by atoms with Crippen molar-refractivity contribution in [1.82, 2.24) is 5.32 Å². The zero-order chi connectivity index (χ0) is 14.5. The molecule has 2 rings (SSSR count). The Balaban J connectivity index is 1.79. The van der Waals surface area contributed by atoms with Crippen molar-refractivity contribution in [2.24, 2.45) is 5.92 Å². The summed E-state index contributed by atoms with van der Waals surface area (Å²) in [4.78, 5) is 11.7. The van der Waals surface area contributed by atoms with E-state index in [-0.39, 0.29) is 24.0 Å². The van der Waals surface area contributed by atoms with Gasteiger partial charge in [0, 0.05) is 12.1 Å². The first-order chi connectivity index (χ1) is 9.56. The van der Waals surface area contributed by atoms with E-state index in [1.54, 1.807) is 0 Å². The number of benzene rings is 1. The standard InChI is InChI=1S/C15H19F2NO2/c16-13-3-1-2-11(15(13)17)8-14(20)18-9-10-4-6-12(19)7-5-10/h1-3,10,12,19H,4-9H2,(H,18,20). The number of amides is 1. The minimum atomic E-state index is -0.955. The van der Waals surface area contributed by atoms with Gasteiger partial charge in [-0.05, 0) is 37.7 Å². The summed E-state index contributed by atoms with van der Waals surface area (Å²) < 4.78 is 26.4. The second kappa shape index (κ2) is 6.79. The maximum Gasteiger partial charge on any atom is 0.224 e. The fourth-order valence-electron chi connectivity index (χ4n) is 2.53. The molecule has 1 amide bonds. The van der Waals surface area contributed by atoms with Crippen LogP contribution < -0.4 is 5.32 Å². The lowest BCUT2D eigenvalue weighted by molar-refractivity contribution is -0.120. The second-order valence-electron chi connectivity index (χ2n) is 5.37. The Hall–Kier alpha value is -1.49. The average Bonchev–Trinajstić information content (AvgIpc) is 2.43. The van der Waals surface area contributed by atoms with Crippen molar-refractivity contribution in [3.8, 4) is 0 Å². The molecule has 0 aliphatic heterocycles. The number of carbonyl (C=O) groups is 1. The predicted octanol–water partition coefficient (Wildman–Crippen LogP) is 2.17. The zero-order valence-electron chi connectivity index (χ0n) is 11.2. The maximum atomic E-state index is 13.4. The third-order valence-corrected chi connectivity index (χ3v) is 3.79. The molecular formula is C15H19F2NO2. The van der Waals surface area contributed by atoms with E-state index in [0.717, 1.165) is 31.7 Å². The fraction of sp³-hybridized carbons (Fsp3) is 0.533. The number of aliphatic hydroxyl groups is 1. The van der Waals surface area contributed by atoms with Crippen LogP contribution in [0.1, 0.15) is 31.2 Å². The zero-order valence-corrected chi connectivity index (χ0v) is 11.2. The number of hydrogen-bond acceptors (Lipinski definition) is 2. The van der Waals surface area contributed by atoms with Crippen molar-refractivity contribution in [3.63, 3.8) is 0 Å². The van der Waals surface area contributed by atoms with E-state index in [9.17, 15) is 18.7 Å². The highest BCUT2D eigenvalue weighted by Gasteiger charge is 2.20. The van der Waals surface area contributed by atoms with Gasteiger partial charge in [-0.2, -0.15) is 0 Å². The minimum Gasteiger partial charge on any atom is -0.393 e. The Morgan fingerprint density at radius 1 is 1.25 bits per heavy atom. The Morgan fingerprint density at radius 3 is 2.65 bits per heavy atom. The maximum absolute atomic E-state index is 13.4. The molecular weight excluding hydrogens is 264 g/mol. The van der Waals surface area contributed by atoms with Gasteiger partial charge in [0.1, 0.15) is 0 Å². The van der Waals surface area contributed by atoms with Crippen LogP contribution in [0.5, 0.6) is 0 Å². The summed E-state index contributed by atoms with van der Waals surface area (Å²) in [5, 5.41) is 12.1. The van der Waals surface area contributed by atoms with E-state index in [1.165, 1.54) is 12.1 Å². The van der Waals surface area contributed by atoms with Crippen molar-refractivity contribution in [1.29, 1.82) is 0 Å². The summed E-state index contributed by atoms with van der Waals surface area (Å²) in [5.41, 5.74) is 0.0709. The van der Waals surface area contributed by atoms with Gasteiger partial charge in [-0.15, -0.1) is 0 Å². The van der Waals surface area contributed by atoms with Crippen LogP contribution in [0.15, 0.2) is 18.2 Å². The van der Waals surface area contributed by atoms with Gasteiger partial charge in [-0.3, -0.25) is 4.79 Å². The highest BCUT2D eigenvalue weighted by molar-refractivity contribution is 5.78. The molecule has 5 heteroatoms. The molecule has 1 aromatic rings. The third-order valence-electron chi connectivity index (χ3n) is 3.79. The minimum absolute atomic E-state index is 0.0709. The van der Waals surface area contributed by atoms with Crippen molar-refractivity contribution >= 4 is 5.91 Å². The largest absolute Gasteiger partial charge is 0.393 e. The summed E-state index contributed by atoms with van der Waals surface area (Å²) in [6.45, 7) is 0.530. The number of aliphatic hydroxyl groups excluding tert-OH is 1. The molecule has 0 saturated heterocycles. The molecule has 0 bridgehead atoms. The van der Waals surface area contributed by atoms with Crippen molar-refractivity contribution < 1.29 is 18.7 Å². The van der Waals surface area contributed by atoms with Crippen LogP contribution in [0.3, 0.4) is 0 Å². The van der Waals surface area contributed by atoms with Crippen molar-refractivity contribution in [2.75, 3.05) is 6.54 Å².